The predicted octanol–water partition coefficient (Wildman–Crippen LogP) is 2.90. The Kier molecular flexibility index (Phi) is 4.52. The normalized spacial score (nSPS) is 13.2. The summed E-state index contributed by atoms with van der Waals surface area (Å²) in [6, 6.07) is 0. The summed E-state index contributed by atoms with van der Waals surface area (Å²) in [7, 11) is 0. The van der Waals surface area contributed by atoms with Crippen LogP contribution in [0, 0.1) is 0 Å². The summed E-state index contributed by atoms with van der Waals surface area (Å²) < 4.78 is 9.89. The summed E-state index contributed by atoms with van der Waals surface area (Å²) in [6.45, 7) is 10.7. The van der Waals surface area contributed by atoms with Gasteiger partial charge in [0.15, 0.2) is 0 Å². The van der Waals surface area contributed by atoms with Crippen molar-refractivity contribution in [3.8, 4) is 0 Å². The third-order valence-electron chi connectivity index (χ3n) is 1.19. The zero-order valence-corrected chi connectivity index (χ0v) is 8.79. The fraction of sp³-hybridized carbons (Fsp3) is 0.700. The number of carbonyl (C=O) groups excluding carboxylic acids is 1. The van der Waals surface area contributed by atoms with E-state index in [0.29, 0.717) is 6.42 Å². The van der Waals surface area contributed by atoms with Crippen LogP contribution in [0.2, 0.25) is 0 Å². The van der Waals surface area contributed by atoms with Gasteiger partial charge in [-0.05, 0) is 27.7 Å². The lowest BCUT2D eigenvalue weighted by Gasteiger charge is -2.20. The molecule has 0 aromatic rings. The summed E-state index contributed by atoms with van der Waals surface area (Å²) >= 11 is 0. The van der Waals surface area contributed by atoms with Crippen LogP contribution in [0.4, 0.5) is 4.79 Å². The second-order valence-electron chi connectivity index (χ2n) is 3.92. The maximum Gasteiger partial charge on any atom is 0.509 e. The number of rotatable bonds is 3. The fourth-order valence-corrected chi connectivity index (χ4v) is 0.721. The van der Waals surface area contributed by atoms with Gasteiger partial charge >= 0.3 is 6.16 Å². The minimum atomic E-state index is -0.623. The molecule has 0 aromatic carbocycles. The van der Waals surface area contributed by atoms with Gasteiger partial charge < -0.3 is 9.47 Å². The van der Waals surface area contributed by atoms with Crippen LogP contribution in [0.15, 0.2) is 12.7 Å². The standard InChI is InChI=1S/C10H18O3/c1-6-7-8(2)12-9(11)13-10(3,4)5/h6,8H,1,7H2,2-5H3/t8-/m1/s1. The molecular weight excluding hydrogens is 168 g/mol. The van der Waals surface area contributed by atoms with Crippen molar-refractivity contribution in [1.29, 1.82) is 0 Å². The molecule has 0 radical (unpaired) electrons. The molecule has 0 fully saturated rings. The van der Waals surface area contributed by atoms with Crippen molar-refractivity contribution in [2.24, 2.45) is 0 Å². The smallest absolute Gasteiger partial charge is 0.431 e. The van der Waals surface area contributed by atoms with Crippen LogP contribution in [0.3, 0.4) is 0 Å². The molecule has 0 N–H and O–H groups in total. The van der Waals surface area contributed by atoms with Crippen LogP contribution in [0.1, 0.15) is 34.1 Å². The quantitative estimate of drug-likeness (QED) is 0.502. The molecule has 0 amide bonds. The van der Waals surface area contributed by atoms with E-state index in [9.17, 15) is 4.79 Å². The molecule has 0 aliphatic rings. The Balaban J connectivity index is 3.81. The van der Waals surface area contributed by atoms with Crippen LogP contribution >= 0.6 is 0 Å². The molecule has 1 atom stereocenters. The Morgan fingerprint density at radius 1 is 1.54 bits per heavy atom. The maximum absolute atomic E-state index is 11.1. The van der Waals surface area contributed by atoms with Gasteiger partial charge in [-0.1, -0.05) is 6.08 Å². The Bertz CT molecular complexity index is 179. The van der Waals surface area contributed by atoms with E-state index in [2.05, 4.69) is 6.58 Å². The van der Waals surface area contributed by atoms with Gasteiger partial charge in [-0.25, -0.2) is 4.79 Å². The lowest BCUT2D eigenvalue weighted by molar-refractivity contribution is -0.0225. The first kappa shape index (κ1) is 12.0. The van der Waals surface area contributed by atoms with Gasteiger partial charge in [0.2, 0.25) is 0 Å². The van der Waals surface area contributed by atoms with Crippen molar-refractivity contribution in [2.45, 2.75) is 45.8 Å². The van der Waals surface area contributed by atoms with Gasteiger partial charge in [-0.3, -0.25) is 0 Å². The van der Waals surface area contributed by atoms with Crippen LogP contribution in [-0.2, 0) is 9.47 Å². The first-order chi connectivity index (χ1) is 5.85. The van der Waals surface area contributed by atoms with E-state index in [-0.39, 0.29) is 6.10 Å². The van der Waals surface area contributed by atoms with Crippen molar-refractivity contribution in [3.63, 3.8) is 0 Å². The van der Waals surface area contributed by atoms with Crippen molar-refractivity contribution in [3.05, 3.63) is 12.7 Å². The van der Waals surface area contributed by atoms with Crippen molar-refractivity contribution in [2.75, 3.05) is 0 Å². The van der Waals surface area contributed by atoms with Gasteiger partial charge in [0.05, 0.1) is 0 Å². The maximum atomic E-state index is 11.1. The molecule has 0 rings (SSSR count). The number of ether oxygens (including phenoxy) is 2. The molecule has 0 spiro atoms. The lowest BCUT2D eigenvalue weighted by atomic mass is 10.2. The zero-order chi connectivity index (χ0) is 10.5. The number of hydrogen-bond acceptors (Lipinski definition) is 3. The summed E-state index contributed by atoms with van der Waals surface area (Å²) in [5.74, 6) is 0. The monoisotopic (exact) mass is 186 g/mol. The predicted molar refractivity (Wildman–Crippen MR) is 51.6 cm³/mol. The summed E-state index contributed by atoms with van der Waals surface area (Å²) in [5, 5.41) is 0. The van der Waals surface area contributed by atoms with Crippen molar-refractivity contribution in [1.82, 2.24) is 0 Å². The molecule has 0 aromatic heterocycles. The third kappa shape index (κ3) is 7.37. The number of carbonyl (C=O) groups is 1. The van der Waals surface area contributed by atoms with E-state index in [4.69, 9.17) is 9.47 Å². The largest absolute Gasteiger partial charge is 0.509 e. The van der Waals surface area contributed by atoms with Gasteiger partial charge in [-0.15, -0.1) is 6.58 Å². The third-order valence-corrected chi connectivity index (χ3v) is 1.19. The summed E-state index contributed by atoms with van der Waals surface area (Å²) in [5.41, 5.74) is -0.495. The molecule has 3 heteroatoms. The molecule has 13 heavy (non-hydrogen) atoms. The van der Waals surface area contributed by atoms with E-state index >= 15 is 0 Å². The summed E-state index contributed by atoms with van der Waals surface area (Å²) in [6.07, 6.45) is 1.54. The highest BCUT2D eigenvalue weighted by atomic mass is 16.7. The highest BCUT2D eigenvalue weighted by molar-refractivity contribution is 5.60. The van der Waals surface area contributed by atoms with Gasteiger partial charge in [0, 0.05) is 6.42 Å². The molecule has 3 nitrogen and oxygen atoms in total. The highest BCUT2D eigenvalue weighted by Gasteiger charge is 2.18. The number of hydrogen-bond donors (Lipinski definition) is 0. The Labute approximate surface area is 79.7 Å². The molecule has 0 saturated carbocycles. The van der Waals surface area contributed by atoms with Gasteiger partial charge in [0.1, 0.15) is 11.7 Å². The molecule has 0 heterocycles. The van der Waals surface area contributed by atoms with Crippen molar-refractivity contribution >= 4 is 6.16 Å². The van der Waals surface area contributed by atoms with Gasteiger partial charge in [-0.2, -0.15) is 0 Å². The first-order valence-electron chi connectivity index (χ1n) is 4.35. The van der Waals surface area contributed by atoms with Crippen LogP contribution in [0.25, 0.3) is 0 Å². The van der Waals surface area contributed by atoms with E-state index < -0.39 is 11.8 Å². The highest BCUT2D eigenvalue weighted by Crippen LogP contribution is 2.10. The molecule has 76 valence electrons. The molecule has 0 unspecified atom stereocenters. The molecule has 0 saturated heterocycles. The summed E-state index contributed by atoms with van der Waals surface area (Å²) in [4.78, 5) is 11.1. The average molecular weight is 186 g/mol. The Hall–Kier alpha value is -0.990. The second kappa shape index (κ2) is 4.90. The van der Waals surface area contributed by atoms with E-state index in [1.165, 1.54) is 0 Å². The van der Waals surface area contributed by atoms with Gasteiger partial charge in [0.25, 0.3) is 0 Å². The van der Waals surface area contributed by atoms with Crippen molar-refractivity contribution < 1.29 is 14.3 Å². The van der Waals surface area contributed by atoms with Crippen LogP contribution in [-0.4, -0.2) is 17.9 Å². The first-order valence-corrected chi connectivity index (χ1v) is 4.35. The minimum absolute atomic E-state index is 0.174. The topological polar surface area (TPSA) is 35.5 Å². The second-order valence-corrected chi connectivity index (χ2v) is 3.92. The van der Waals surface area contributed by atoms with E-state index in [1.807, 2.05) is 0 Å². The van der Waals surface area contributed by atoms with E-state index in [0.717, 1.165) is 0 Å². The molecule has 0 aliphatic heterocycles. The Morgan fingerprint density at radius 3 is 2.46 bits per heavy atom. The lowest BCUT2D eigenvalue weighted by Crippen LogP contribution is -2.26. The minimum Gasteiger partial charge on any atom is -0.431 e. The molecular formula is C10H18O3. The van der Waals surface area contributed by atoms with Crippen LogP contribution < -0.4 is 0 Å². The SMILES string of the molecule is C=CC[C@@H](C)OC(=O)OC(C)(C)C. The zero-order valence-electron chi connectivity index (χ0n) is 8.79. The fourth-order valence-electron chi connectivity index (χ4n) is 0.721. The molecule has 0 bridgehead atoms. The Morgan fingerprint density at radius 2 is 2.08 bits per heavy atom. The molecule has 0 aliphatic carbocycles. The van der Waals surface area contributed by atoms with Crippen LogP contribution in [0.5, 0.6) is 0 Å². The van der Waals surface area contributed by atoms with E-state index in [1.54, 1.807) is 33.8 Å². The average Bonchev–Trinajstić information content (AvgIpc) is 1.81.